The van der Waals surface area contributed by atoms with Gasteiger partial charge in [-0.2, -0.15) is 0 Å². The van der Waals surface area contributed by atoms with Crippen molar-refractivity contribution < 1.29 is 13.9 Å². The Kier molecular flexibility index (Phi) is 9.40. The number of halogens is 2. The molecule has 2 aromatic rings. The topological polar surface area (TPSA) is 58.1 Å². The quantitative estimate of drug-likeness (QED) is 0.325. The molecule has 2 N–H and O–H groups in total. The monoisotopic (exact) mass is 554 g/mol. The zero-order valence-corrected chi connectivity index (χ0v) is 20.8. The van der Waals surface area contributed by atoms with Gasteiger partial charge in [-0.3, -0.25) is 9.89 Å². The van der Waals surface area contributed by atoms with Gasteiger partial charge in [0.25, 0.3) is 0 Å². The Labute approximate surface area is 206 Å². The Morgan fingerprint density at radius 1 is 1.03 bits per heavy atom. The average Bonchev–Trinajstić information content (AvgIpc) is 2.81. The molecule has 2 aliphatic heterocycles. The van der Waals surface area contributed by atoms with Gasteiger partial charge in [-0.05, 0) is 50.0 Å². The molecule has 1 fully saturated rings. The van der Waals surface area contributed by atoms with E-state index < -0.39 is 0 Å². The number of nitrogens with one attached hydrogen (secondary N) is 2. The van der Waals surface area contributed by atoms with Crippen molar-refractivity contribution >= 4 is 29.9 Å². The zero-order chi connectivity index (χ0) is 21.5. The van der Waals surface area contributed by atoms with Crippen molar-refractivity contribution in [2.75, 3.05) is 39.8 Å². The van der Waals surface area contributed by atoms with Gasteiger partial charge in [0.15, 0.2) is 17.5 Å². The summed E-state index contributed by atoms with van der Waals surface area (Å²) in [7, 11) is 1.78. The second-order valence-electron chi connectivity index (χ2n) is 8.14. The van der Waals surface area contributed by atoms with Crippen LogP contribution in [0.1, 0.15) is 18.4 Å². The number of hydrogen-bond donors (Lipinski definition) is 2. The Morgan fingerprint density at radius 3 is 2.47 bits per heavy atom. The molecule has 6 nitrogen and oxygen atoms in total. The van der Waals surface area contributed by atoms with Crippen molar-refractivity contribution in [3.05, 3.63) is 59.9 Å². The number of para-hydroxylation sites is 2. The molecule has 0 bridgehead atoms. The van der Waals surface area contributed by atoms with Gasteiger partial charge in [-0.1, -0.05) is 30.3 Å². The van der Waals surface area contributed by atoms with Crippen molar-refractivity contribution in [1.29, 1.82) is 0 Å². The fraction of sp³-hybridized carbons (Fsp3) is 0.458. The highest BCUT2D eigenvalue weighted by molar-refractivity contribution is 14.0. The van der Waals surface area contributed by atoms with Gasteiger partial charge in [0, 0.05) is 25.7 Å². The molecule has 0 spiro atoms. The van der Waals surface area contributed by atoms with Crippen molar-refractivity contribution in [1.82, 2.24) is 15.5 Å². The van der Waals surface area contributed by atoms with Crippen LogP contribution < -0.4 is 20.1 Å². The predicted octanol–water partition coefficient (Wildman–Crippen LogP) is 3.66. The first-order chi connectivity index (χ1) is 15.2. The molecule has 32 heavy (non-hydrogen) atoms. The molecule has 1 saturated heterocycles. The molecule has 1 atom stereocenters. The third-order valence-electron chi connectivity index (χ3n) is 5.91. The van der Waals surface area contributed by atoms with E-state index in [4.69, 9.17) is 9.47 Å². The van der Waals surface area contributed by atoms with E-state index in [1.54, 1.807) is 13.1 Å². The van der Waals surface area contributed by atoms with Crippen molar-refractivity contribution in [3.63, 3.8) is 0 Å². The van der Waals surface area contributed by atoms with Crippen LogP contribution in [-0.4, -0.2) is 56.8 Å². The Hall–Kier alpha value is -2.07. The lowest BCUT2D eigenvalue weighted by Gasteiger charge is -2.32. The number of aliphatic imine (C=N–C) groups is 1. The maximum atomic E-state index is 13.9. The highest BCUT2D eigenvalue weighted by atomic mass is 127. The van der Waals surface area contributed by atoms with E-state index in [1.807, 2.05) is 36.4 Å². The first-order valence-electron chi connectivity index (χ1n) is 11.0. The summed E-state index contributed by atoms with van der Waals surface area (Å²) in [6.45, 7) is 4.66. The van der Waals surface area contributed by atoms with Gasteiger partial charge in [0.2, 0.25) is 0 Å². The van der Waals surface area contributed by atoms with E-state index in [0.29, 0.717) is 25.6 Å². The molecule has 0 saturated carbocycles. The fourth-order valence-electron chi connectivity index (χ4n) is 4.05. The van der Waals surface area contributed by atoms with Crippen LogP contribution in [0.2, 0.25) is 0 Å². The summed E-state index contributed by atoms with van der Waals surface area (Å²) in [6.07, 6.45) is 2.12. The second-order valence-corrected chi connectivity index (χ2v) is 8.14. The molecule has 2 aliphatic rings. The fourth-order valence-corrected chi connectivity index (χ4v) is 4.05. The number of piperidine rings is 1. The summed E-state index contributed by atoms with van der Waals surface area (Å²) in [4.78, 5) is 6.66. The molecule has 0 amide bonds. The second kappa shape index (κ2) is 12.2. The van der Waals surface area contributed by atoms with Crippen LogP contribution in [0.25, 0.3) is 0 Å². The Morgan fingerprint density at radius 2 is 1.72 bits per heavy atom. The highest BCUT2D eigenvalue weighted by Crippen LogP contribution is 2.30. The number of benzene rings is 2. The van der Waals surface area contributed by atoms with Crippen LogP contribution >= 0.6 is 24.0 Å². The summed E-state index contributed by atoms with van der Waals surface area (Å²) < 4.78 is 25.6. The van der Waals surface area contributed by atoms with E-state index >= 15 is 0 Å². The zero-order valence-electron chi connectivity index (χ0n) is 18.4. The van der Waals surface area contributed by atoms with Gasteiger partial charge < -0.3 is 20.1 Å². The van der Waals surface area contributed by atoms with Crippen molar-refractivity contribution in [2.24, 2.45) is 10.9 Å². The van der Waals surface area contributed by atoms with E-state index in [1.165, 1.54) is 6.07 Å². The van der Waals surface area contributed by atoms with Crippen LogP contribution in [-0.2, 0) is 6.54 Å². The molecule has 1 unspecified atom stereocenters. The molecule has 0 radical (unpaired) electrons. The standard InChI is InChI=1S/C24H31FN4O2.HI/c1-26-24(28-15-20-17-30-22-8-4-5-9-23(22)31-20)27-14-18-10-12-29(13-11-18)16-19-6-2-3-7-21(19)25;/h2-9,18,20H,10-17H2,1H3,(H2,26,27,28);1H. The molecule has 0 aliphatic carbocycles. The minimum absolute atomic E-state index is 0. The predicted molar refractivity (Wildman–Crippen MR) is 136 cm³/mol. The van der Waals surface area contributed by atoms with Crippen LogP contribution in [0.5, 0.6) is 11.5 Å². The SMILES string of the molecule is CN=C(NCC1CCN(Cc2ccccc2F)CC1)NCC1COc2ccccc2O1.I. The van der Waals surface area contributed by atoms with Crippen LogP contribution in [0.4, 0.5) is 4.39 Å². The van der Waals surface area contributed by atoms with Crippen LogP contribution in [0, 0.1) is 11.7 Å². The lowest BCUT2D eigenvalue weighted by atomic mass is 9.96. The number of fused-ring (bicyclic) bond motifs is 1. The summed E-state index contributed by atoms with van der Waals surface area (Å²) in [5.74, 6) is 2.82. The lowest BCUT2D eigenvalue weighted by molar-refractivity contribution is 0.0935. The summed E-state index contributed by atoms with van der Waals surface area (Å²) in [6, 6.07) is 14.8. The van der Waals surface area contributed by atoms with Gasteiger partial charge in [0.05, 0.1) is 6.54 Å². The Bertz CT molecular complexity index is 890. The van der Waals surface area contributed by atoms with E-state index in [2.05, 4.69) is 20.5 Å². The number of guanidine groups is 1. The summed E-state index contributed by atoms with van der Waals surface area (Å²) in [5, 5.41) is 6.77. The molecule has 2 aromatic carbocycles. The molecular weight excluding hydrogens is 522 g/mol. The minimum Gasteiger partial charge on any atom is -0.486 e. The van der Waals surface area contributed by atoms with Crippen LogP contribution in [0.3, 0.4) is 0 Å². The third-order valence-corrected chi connectivity index (χ3v) is 5.91. The normalized spacial score (nSPS) is 19.2. The molecule has 4 rings (SSSR count). The summed E-state index contributed by atoms with van der Waals surface area (Å²) >= 11 is 0. The van der Waals surface area contributed by atoms with E-state index in [9.17, 15) is 4.39 Å². The minimum atomic E-state index is -0.114. The van der Waals surface area contributed by atoms with Crippen LogP contribution in [0.15, 0.2) is 53.5 Å². The van der Waals surface area contributed by atoms with Crippen molar-refractivity contribution in [3.8, 4) is 11.5 Å². The Balaban J connectivity index is 0.00000289. The van der Waals surface area contributed by atoms with Gasteiger partial charge >= 0.3 is 0 Å². The average molecular weight is 554 g/mol. The van der Waals surface area contributed by atoms with Crippen molar-refractivity contribution in [2.45, 2.75) is 25.5 Å². The van der Waals surface area contributed by atoms with E-state index in [0.717, 1.165) is 55.5 Å². The lowest BCUT2D eigenvalue weighted by Crippen LogP contribution is -2.47. The largest absolute Gasteiger partial charge is 0.486 e. The van der Waals surface area contributed by atoms with E-state index in [-0.39, 0.29) is 35.9 Å². The third kappa shape index (κ3) is 6.71. The first kappa shape index (κ1) is 24.6. The van der Waals surface area contributed by atoms with Gasteiger partial charge in [0.1, 0.15) is 18.5 Å². The summed E-state index contributed by atoms with van der Waals surface area (Å²) in [5.41, 5.74) is 0.778. The number of ether oxygens (including phenoxy) is 2. The maximum absolute atomic E-state index is 13.9. The smallest absolute Gasteiger partial charge is 0.191 e. The number of rotatable bonds is 6. The number of nitrogens with zero attached hydrogens (tertiary/aromatic N) is 2. The van der Waals surface area contributed by atoms with Gasteiger partial charge in [-0.25, -0.2) is 4.39 Å². The molecule has 174 valence electrons. The number of hydrogen-bond acceptors (Lipinski definition) is 4. The molecule has 8 heteroatoms. The van der Waals surface area contributed by atoms with Gasteiger partial charge in [-0.15, -0.1) is 24.0 Å². The first-order valence-corrected chi connectivity index (χ1v) is 11.0. The molecular formula is C24H32FIN4O2. The molecule has 0 aromatic heterocycles. The highest BCUT2D eigenvalue weighted by Gasteiger charge is 2.22. The number of likely N-dealkylation sites (tertiary alicyclic amines) is 1. The maximum Gasteiger partial charge on any atom is 0.191 e. The molecule has 2 heterocycles.